The van der Waals surface area contributed by atoms with Crippen LogP contribution >= 0.6 is 0 Å². The first-order chi connectivity index (χ1) is 9.11. The van der Waals surface area contributed by atoms with Crippen molar-refractivity contribution in [3.8, 4) is 5.75 Å². The van der Waals surface area contributed by atoms with E-state index in [9.17, 15) is 5.11 Å². The summed E-state index contributed by atoms with van der Waals surface area (Å²) in [5.41, 5.74) is 8.20. The maximum atomic E-state index is 10.4. The Morgan fingerprint density at radius 3 is 2.84 bits per heavy atom. The summed E-state index contributed by atoms with van der Waals surface area (Å²) in [4.78, 5) is 0. The van der Waals surface area contributed by atoms with Crippen molar-refractivity contribution in [2.75, 3.05) is 13.7 Å². The van der Waals surface area contributed by atoms with Crippen molar-refractivity contribution < 1.29 is 9.84 Å². The maximum Gasteiger partial charge on any atom is 0.122 e. The van der Waals surface area contributed by atoms with Crippen LogP contribution in [0.15, 0.2) is 18.2 Å². The van der Waals surface area contributed by atoms with E-state index in [2.05, 4.69) is 19.1 Å². The van der Waals surface area contributed by atoms with Crippen LogP contribution in [0, 0.1) is 12.3 Å². The van der Waals surface area contributed by atoms with Crippen LogP contribution in [0.4, 0.5) is 0 Å². The minimum absolute atomic E-state index is 0.181. The van der Waals surface area contributed by atoms with Crippen LogP contribution in [0.1, 0.15) is 36.8 Å². The SMILES string of the molecule is COc1ccc(C)cc1CC1(CN)CCCCC1O. The molecule has 106 valence electrons. The molecule has 0 heterocycles. The molecule has 2 rings (SSSR count). The van der Waals surface area contributed by atoms with E-state index in [0.717, 1.165) is 43.4 Å². The van der Waals surface area contributed by atoms with Crippen LogP contribution in [0.5, 0.6) is 5.75 Å². The van der Waals surface area contributed by atoms with Gasteiger partial charge in [0.1, 0.15) is 5.75 Å². The summed E-state index contributed by atoms with van der Waals surface area (Å²) >= 11 is 0. The van der Waals surface area contributed by atoms with Gasteiger partial charge in [-0.3, -0.25) is 0 Å². The van der Waals surface area contributed by atoms with Crippen LogP contribution in [0.25, 0.3) is 0 Å². The van der Waals surface area contributed by atoms with Crippen LogP contribution in [-0.2, 0) is 6.42 Å². The van der Waals surface area contributed by atoms with E-state index >= 15 is 0 Å². The van der Waals surface area contributed by atoms with Gasteiger partial charge < -0.3 is 15.6 Å². The molecule has 2 unspecified atom stereocenters. The predicted octanol–water partition coefficient (Wildman–Crippen LogP) is 2.43. The molecule has 19 heavy (non-hydrogen) atoms. The molecule has 3 nitrogen and oxygen atoms in total. The van der Waals surface area contributed by atoms with Gasteiger partial charge >= 0.3 is 0 Å². The van der Waals surface area contributed by atoms with Crippen LogP contribution in [0.2, 0.25) is 0 Å². The van der Waals surface area contributed by atoms with Crippen molar-refractivity contribution in [2.24, 2.45) is 11.1 Å². The Kier molecular flexibility index (Phi) is 4.48. The quantitative estimate of drug-likeness (QED) is 0.877. The lowest BCUT2D eigenvalue weighted by Gasteiger charge is -2.41. The van der Waals surface area contributed by atoms with Gasteiger partial charge in [0, 0.05) is 12.0 Å². The number of hydrogen-bond acceptors (Lipinski definition) is 3. The number of ether oxygens (including phenoxy) is 1. The molecule has 0 aromatic heterocycles. The number of nitrogens with two attached hydrogens (primary N) is 1. The van der Waals surface area contributed by atoms with E-state index < -0.39 is 0 Å². The molecule has 1 fully saturated rings. The molecule has 0 saturated heterocycles. The third kappa shape index (κ3) is 2.93. The average Bonchev–Trinajstić information content (AvgIpc) is 2.42. The number of aliphatic hydroxyl groups excluding tert-OH is 1. The highest BCUT2D eigenvalue weighted by atomic mass is 16.5. The zero-order valence-electron chi connectivity index (χ0n) is 12.0. The molecule has 3 heteroatoms. The minimum Gasteiger partial charge on any atom is -0.496 e. The van der Waals surface area contributed by atoms with Crippen LogP contribution in [-0.4, -0.2) is 24.9 Å². The van der Waals surface area contributed by atoms with E-state index in [1.807, 2.05) is 6.07 Å². The highest BCUT2D eigenvalue weighted by Crippen LogP contribution is 2.40. The largest absolute Gasteiger partial charge is 0.496 e. The first kappa shape index (κ1) is 14.4. The fourth-order valence-corrected chi connectivity index (χ4v) is 3.23. The van der Waals surface area contributed by atoms with Crippen molar-refractivity contribution in [3.63, 3.8) is 0 Å². The van der Waals surface area contributed by atoms with Crippen LogP contribution in [0.3, 0.4) is 0 Å². The summed E-state index contributed by atoms with van der Waals surface area (Å²) in [6.45, 7) is 2.61. The van der Waals surface area contributed by atoms with Gasteiger partial charge in [-0.2, -0.15) is 0 Å². The molecular formula is C16H25NO2. The summed E-state index contributed by atoms with van der Waals surface area (Å²) in [5.74, 6) is 0.899. The zero-order valence-corrected chi connectivity index (χ0v) is 12.0. The van der Waals surface area contributed by atoms with Gasteiger partial charge in [-0.1, -0.05) is 30.5 Å². The lowest BCUT2D eigenvalue weighted by atomic mass is 9.68. The number of hydrogen-bond donors (Lipinski definition) is 2. The molecule has 3 N–H and O–H groups in total. The number of rotatable bonds is 4. The molecule has 2 atom stereocenters. The predicted molar refractivity (Wildman–Crippen MR) is 77.4 cm³/mol. The van der Waals surface area contributed by atoms with E-state index in [1.54, 1.807) is 7.11 Å². The molecule has 1 aromatic carbocycles. The summed E-state index contributed by atoms with van der Waals surface area (Å²) < 4.78 is 5.44. The number of aryl methyl sites for hydroxylation is 1. The highest BCUT2D eigenvalue weighted by molar-refractivity contribution is 5.38. The maximum absolute atomic E-state index is 10.4. The Morgan fingerprint density at radius 2 is 2.21 bits per heavy atom. The van der Waals surface area contributed by atoms with Gasteiger partial charge in [0.05, 0.1) is 13.2 Å². The Labute approximate surface area is 115 Å². The molecule has 0 radical (unpaired) electrons. The normalized spacial score (nSPS) is 27.3. The topological polar surface area (TPSA) is 55.5 Å². The Morgan fingerprint density at radius 1 is 1.42 bits per heavy atom. The first-order valence-corrected chi connectivity index (χ1v) is 7.13. The van der Waals surface area contributed by atoms with E-state index in [4.69, 9.17) is 10.5 Å². The van der Waals surface area contributed by atoms with Crippen molar-refractivity contribution >= 4 is 0 Å². The summed E-state index contributed by atoms with van der Waals surface area (Å²) in [6.07, 6.45) is 4.63. The first-order valence-electron chi connectivity index (χ1n) is 7.13. The van der Waals surface area contributed by atoms with Gasteiger partial charge in [-0.05, 0) is 37.8 Å². The second-order valence-electron chi connectivity index (χ2n) is 5.82. The Balaban J connectivity index is 2.29. The number of benzene rings is 1. The number of methoxy groups -OCH3 is 1. The lowest BCUT2D eigenvalue weighted by molar-refractivity contribution is -0.00614. The second kappa shape index (κ2) is 5.93. The minimum atomic E-state index is -0.295. The van der Waals surface area contributed by atoms with Gasteiger partial charge in [0.2, 0.25) is 0 Å². The second-order valence-corrected chi connectivity index (χ2v) is 5.82. The third-order valence-corrected chi connectivity index (χ3v) is 4.49. The van der Waals surface area contributed by atoms with Crippen molar-refractivity contribution in [2.45, 2.75) is 45.1 Å². The van der Waals surface area contributed by atoms with E-state index in [-0.39, 0.29) is 11.5 Å². The van der Waals surface area contributed by atoms with Gasteiger partial charge in [0.25, 0.3) is 0 Å². The molecule has 0 amide bonds. The zero-order chi connectivity index (χ0) is 13.9. The van der Waals surface area contributed by atoms with Gasteiger partial charge in [-0.15, -0.1) is 0 Å². The summed E-state index contributed by atoms with van der Waals surface area (Å²) in [5, 5.41) is 10.4. The molecule has 1 aromatic rings. The molecule has 1 aliphatic carbocycles. The monoisotopic (exact) mass is 263 g/mol. The molecule has 0 spiro atoms. The van der Waals surface area contributed by atoms with Crippen molar-refractivity contribution in [3.05, 3.63) is 29.3 Å². The van der Waals surface area contributed by atoms with Crippen LogP contribution < -0.4 is 10.5 Å². The molecule has 1 saturated carbocycles. The molecule has 1 aliphatic rings. The summed E-state index contributed by atoms with van der Waals surface area (Å²) in [7, 11) is 1.70. The van der Waals surface area contributed by atoms with Gasteiger partial charge in [-0.25, -0.2) is 0 Å². The smallest absolute Gasteiger partial charge is 0.122 e. The molecule has 0 bridgehead atoms. The Bertz CT molecular complexity index is 433. The van der Waals surface area contributed by atoms with Gasteiger partial charge in [0.15, 0.2) is 0 Å². The van der Waals surface area contributed by atoms with E-state index in [0.29, 0.717) is 6.54 Å². The fourth-order valence-electron chi connectivity index (χ4n) is 3.23. The molecule has 0 aliphatic heterocycles. The Hall–Kier alpha value is -1.06. The van der Waals surface area contributed by atoms with Crippen molar-refractivity contribution in [1.82, 2.24) is 0 Å². The average molecular weight is 263 g/mol. The molecular weight excluding hydrogens is 238 g/mol. The highest BCUT2D eigenvalue weighted by Gasteiger charge is 2.39. The summed E-state index contributed by atoms with van der Waals surface area (Å²) in [6, 6.07) is 6.20. The van der Waals surface area contributed by atoms with Crippen molar-refractivity contribution in [1.29, 1.82) is 0 Å². The lowest BCUT2D eigenvalue weighted by Crippen LogP contribution is -2.45. The number of aliphatic hydroxyl groups is 1. The fraction of sp³-hybridized carbons (Fsp3) is 0.625. The standard InChI is InChI=1S/C16H25NO2/c1-12-6-7-14(19-2)13(9-12)10-16(11-17)8-4-3-5-15(16)18/h6-7,9,15,18H,3-5,8,10-11,17H2,1-2H3. The van der Waals surface area contributed by atoms with E-state index in [1.165, 1.54) is 5.56 Å². The third-order valence-electron chi connectivity index (χ3n) is 4.49.